The third-order valence-corrected chi connectivity index (χ3v) is 10.3. The maximum atomic E-state index is 11.3. The summed E-state index contributed by atoms with van der Waals surface area (Å²) in [4.78, 5) is 4.69. The topological polar surface area (TPSA) is 59.0 Å². The van der Waals surface area contributed by atoms with Crippen molar-refractivity contribution in [3.05, 3.63) is 0 Å². The van der Waals surface area contributed by atoms with Crippen LogP contribution in [0.25, 0.3) is 0 Å². The highest BCUT2D eigenvalue weighted by molar-refractivity contribution is 6.20. The molecule has 4 unspecified atom stereocenters. The van der Waals surface area contributed by atoms with Crippen LogP contribution >= 0.6 is 11.6 Å². The highest BCUT2D eigenvalue weighted by Crippen LogP contribution is 2.46. The molecule has 3 N–H and O–H groups in total. The number of hydrogen-bond acceptors (Lipinski definition) is 5. The van der Waals surface area contributed by atoms with E-state index < -0.39 is 6.23 Å². The maximum absolute atomic E-state index is 11.3. The van der Waals surface area contributed by atoms with Crippen LogP contribution in [-0.2, 0) is 0 Å². The Labute approximate surface area is 221 Å². The highest BCUT2D eigenvalue weighted by Gasteiger charge is 2.43. The summed E-state index contributed by atoms with van der Waals surface area (Å²) in [5.41, 5.74) is 0.311. The van der Waals surface area contributed by atoms with Gasteiger partial charge >= 0.3 is 0 Å². The fraction of sp³-hybridized carbons (Fsp3) is 1.00. The Hall–Kier alpha value is 0.0900. The summed E-state index contributed by atoms with van der Waals surface area (Å²) in [5, 5.41) is 24.8. The van der Waals surface area contributed by atoms with Crippen LogP contribution in [0.15, 0.2) is 0 Å². The van der Waals surface area contributed by atoms with Crippen LogP contribution in [0, 0.1) is 35.0 Å². The molecule has 3 aliphatic rings. The second-order valence-corrected chi connectivity index (χ2v) is 14.1. The van der Waals surface area contributed by atoms with E-state index in [1.165, 1.54) is 44.9 Å². The third-order valence-electron chi connectivity index (χ3n) is 9.87. The lowest BCUT2D eigenvalue weighted by atomic mass is 9.64. The molecule has 0 radical (unpaired) electrons. The molecule has 0 aromatic carbocycles. The molecule has 6 atom stereocenters. The average Bonchev–Trinajstić information content (AvgIpc) is 2.82. The molecule has 1 aliphatic heterocycles. The van der Waals surface area contributed by atoms with Crippen LogP contribution in [0.5, 0.6) is 0 Å². The predicted molar refractivity (Wildman–Crippen MR) is 147 cm³/mol. The van der Waals surface area contributed by atoms with Crippen LogP contribution in [0.3, 0.4) is 0 Å². The maximum Gasteiger partial charge on any atom is 0.108 e. The monoisotopic (exact) mass is 513 g/mol. The average molecular weight is 514 g/mol. The molecule has 5 nitrogen and oxygen atoms in total. The van der Waals surface area contributed by atoms with Crippen molar-refractivity contribution in [3.8, 4) is 0 Å². The Balaban J connectivity index is 1.57. The quantitative estimate of drug-likeness (QED) is 0.279. The first-order valence-electron chi connectivity index (χ1n) is 14.6. The van der Waals surface area contributed by atoms with E-state index in [4.69, 9.17) is 11.6 Å². The van der Waals surface area contributed by atoms with Gasteiger partial charge in [-0.15, -0.1) is 11.6 Å². The van der Waals surface area contributed by atoms with Gasteiger partial charge in [-0.25, -0.2) is 0 Å². The molecule has 1 saturated heterocycles. The van der Waals surface area contributed by atoms with Crippen molar-refractivity contribution in [3.63, 3.8) is 0 Å². The Morgan fingerprint density at radius 1 is 1.06 bits per heavy atom. The van der Waals surface area contributed by atoms with Crippen LogP contribution in [0.4, 0.5) is 0 Å². The molecule has 6 heteroatoms. The van der Waals surface area contributed by atoms with Gasteiger partial charge in [-0.05, 0) is 107 Å². The molecular weight excluding hydrogens is 458 g/mol. The van der Waals surface area contributed by atoms with Crippen molar-refractivity contribution < 1.29 is 10.2 Å². The summed E-state index contributed by atoms with van der Waals surface area (Å²) >= 11 is 6.41. The lowest BCUT2D eigenvalue weighted by Crippen LogP contribution is -2.59. The zero-order chi connectivity index (χ0) is 25.8. The van der Waals surface area contributed by atoms with Gasteiger partial charge in [-0.3, -0.25) is 15.1 Å². The van der Waals surface area contributed by atoms with E-state index in [2.05, 4.69) is 44.8 Å². The van der Waals surface area contributed by atoms with E-state index >= 15 is 0 Å². The summed E-state index contributed by atoms with van der Waals surface area (Å²) in [6.45, 7) is 15.3. The van der Waals surface area contributed by atoms with Crippen molar-refractivity contribution in [2.24, 2.45) is 35.0 Å². The largest absolute Gasteiger partial charge is 0.381 e. The summed E-state index contributed by atoms with van der Waals surface area (Å²) in [5.74, 6) is 2.95. The molecule has 35 heavy (non-hydrogen) atoms. The minimum absolute atomic E-state index is 0.107. The van der Waals surface area contributed by atoms with Crippen molar-refractivity contribution in [1.82, 2.24) is 15.1 Å². The van der Waals surface area contributed by atoms with Gasteiger partial charge in [0.25, 0.3) is 0 Å². The molecule has 3 rings (SSSR count). The van der Waals surface area contributed by atoms with Gasteiger partial charge in [-0.2, -0.15) is 0 Å². The molecule has 0 spiro atoms. The number of aliphatic hydroxyl groups excluding tert-OH is 2. The molecule has 2 aliphatic carbocycles. The normalized spacial score (nSPS) is 35.2. The van der Waals surface area contributed by atoms with Crippen molar-refractivity contribution >= 4 is 11.6 Å². The first-order chi connectivity index (χ1) is 16.5. The smallest absolute Gasteiger partial charge is 0.108 e. The first kappa shape index (κ1) is 29.6. The Bertz CT molecular complexity index is 625. The number of halogens is 1. The molecule has 0 aromatic heterocycles. The van der Waals surface area contributed by atoms with E-state index in [-0.39, 0.29) is 12.8 Å². The third kappa shape index (κ3) is 8.04. The number of hydrogen-bond donors (Lipinski definition) is 3. The van der Waals surface area contributed by atoms with E-state index in [0.29, 0.717) is 34.6 Å². The lowest BCUT2D eigenvalue weighted by molar-refractivity contribution is -0.0307. The summed E-state index contributed by atoms with van der Waals surface area (Å²) in [6, 6.07) is 0.660. The molecular formula is C29H56ClN3O2. The van der Waals surface area contributed by atoms with Crippen LogP contribution < -0.4 is 5.32 Å². The zero-order valence-corrected chi connectivity index (χ0v) is 24.3. The molecule has 0 bridgehead atoms. The Morgan fingerprint density at radius 2 is 1.74 bits per heavy atom. The molecule has 206 valence electrons. The zero-order valence-electron chi connectivity index (χ0n) is 23.6. The van der Waals surface area contributed by atoms with Crippen molar-refractivity contribution in [1.29, 1.82) is 0 Å². The summed E-state index contributed by atoms with van der Waals surface area (Å²) in [7, 11) is 1.97. The standard InChI is InChI=1S/C29H56ClN3O2/c1-20(2)27(31-28(35)24-9-7-8-22(16-24)17-32(6)19-34)21(3)33-15-14-26(29(4,5)18-33)23-10-12-25(30)13-11-23/h20-28,31,34-35H,7-19H2,1-6H3/t21?,22?,23?,24?,25?,26-,27-,28?/m1/s1. The molecule has 2 saturated carbocycles. The van der Waals surface area contributed by atoms with Crippen LogP contribution in [-0.4, -0.2) is 77.1 Å². The predicted octanol–water partition coefficient (Wildman–Crippen LogP) is 5.14. The van der Waals surface area contributed by atoms with Gasteiger partial charge in [0.1, 0.15) is 6.23 Å². The molecule has 0 aromatic rings. The van der Waals surface area contributed by atoms with E-state index in [0.717, 1.165) is 44.3 Å². The molecule has 3 fully saturated rings. The number of nitrogens with zero attached hydrogens (tertiary/aromatic N) is 2. The minimum atomic E-state index is -0.455. The van der Waals surface area contributed by atoms with Crippen molar-refractivity contribution in [2.45, 2.75) is 116 Å². The minimum Gasteiger partial charge on any atom is -0.381 e. The number of nitrogens with one attached hydrogen (secondary N) is 1. The first-order valence-corrected chi connectivity index (χ1v) is 15.1. The van der Waals surface area contributed by atoms with Gasteiger partial charge in [0.2, 0.25) is 0 Å². The van der Waals surface area contributed by atoms with Crippen LogP contribution in [0.1, 0.15) is 92.4 Å². The molecule has 0 amide bonds. The Morgan fingerprint density at radius 3 is 2.34 bits per heavy atom. The number of piperidine rings is 1. The van der Waals surface area contributed by atoms with E-state index in [1.807, 2.05) is 11.9 Å². The van der Waals surface area contributed by atoms with E-state index in [9.17, 15) is 10.2 Å². The highest BCUT2D eigenvalue weighted by atomic mass is 35.5. The van der Waals surface area contributed by atoms with Gasteiger partial charge in [-0.1, -0.05) is 34.1 Å². The van der Waals surface area contributed by atoms with Crippen molar-refractivity contribution in [2.75, 3.05) is 33.4 Å². The fourth-order valence-electron chi connectivity index (χ4n) is 7.85. The van der Waals surface area contributed by atoms with Gasteiger partial charge in [0, 0.05) is 30.6 Å². The number of alkyl halides is 1. The van der Waals surface area contributed by atoms with Gasteiger partial charge in [0.05, 0.1) is 6.73 Å². The molecule has 1 heterocycles. The second-order valence-electron chi connectivity index (χ2n) is 13.5. The van der Waals surface area contributed by atoms with Gasteiger partial charge < -0.3 is 10.2 Å². The van der Waals surface area contributed by atoms with E-state index in [1.54, 1.807) is 0 Å². The second kappa shape index (κ2) is 13.2. The lowest BCUT2D eigenvalue weighted by Gasteiger charge is -2.52. The number of rotatable bonds is 10. The van der Waals surface area contributed by atoms with Crippen LogP contribution in [0.2, 0.25) is 0 Å². The Kier molecular flexibility index (Phi) is 11.2. The summed E-state index contributed by atoms with van der Waals surface area (Å²) < 4.78 is 0. The fourth-order valence-corrected chi connectivity index (χ4v) is 8.10. The summed E-state index contributed by atoms with van der Waals surface area (Å²) in [6.07, 6.45) is 10.3. The SMILES string of the molecule is CC(C)[C@@H](NC(O)C1CCCC(CN(C)CO)C1)C(C)N1CC[C@H](C2CCC(Cl)CC2)C(C)(C)C1. The number of aliphatic hydroxyl groups is 2. The van der Waals surface area contributed by atoms with Gasteiger partial charge in [0.15, 0.2) is 0 Å². The number of likely N-dealkylation sites (tertiary alicyclic amines) is 1.